The maximum Gasteiger partial charge on any atom is 0.338 e. The Labute approximate surface area is 159 Å². The number of nitrogens with one attached hydrogen (secondary N) is 1. The number of rotatable bonds is 3. The summed E-state index contributed by atoms with van der Waals surface area (Å²) in [6.07, 6.45) is 5.99. The van der Waals surface area contributed by atoms with Gasteiger partial charge in [0.1, 0.15) is 12.4 Å². The van der Waals surface area contributed by atoms with Crippen LogP contribution in [0.25, 0.3) is 10.9 Å². The summed E-state index contributed by atoms with van der Waals surface area (Å²) in [7, 11) is 0. The lowest BCUT2D eigenvalue weighted by molar-refractivity contribution is -0.906. The lowest BCUT2D eigenvalue weighted by Crippen LogP contribution is -3.13. The molecule has 27 heavy (non-hydrogen) atoms. The number of ether oxygens (including phenoxy) is 1. The number of aromatic nitrogens is 2. The topological polar surface area (TPSA) is 65.6 Å². The Kier molecular flexibility index (Phi) is 5.25. The van der Waals surface area contributed by atoms with Crippen LogP contribution in [0.4, 0.5) is 0 Å². The third-order valence-electron chi connectivity index (χ3n) is 5.90. The Morgan fingerprint density at radius 3 is 3.04 bits per heavy atom. The summed E-state index contributed by atoms with van der Waals surface area (Å²) < 4.78 is 7.55. The van der Waals surface area contributed by atoms with Crippen molar-refractivity contribution in [2.75, 3.05) is 19.6 Å². The van der Waals surface area contributed by atoms with Gasteiger partial charge in [-0.05, 0) is 44.4 Å². The standard InChI is InChI=1S/C21H27N3O3/c1-2-23-11-6-7-16(14-23)27-21(26)15-9-10-17-18(13-15)22-19-8-4-3-5-12-24(19)20(17)25/h9-10,13,16H,2-8,11-12,14H2,1H3/p+1/t16-/m1/s1. The minimum atomic E-state index is -0.309. The lowest BCUT2D eigenvalue weighted by Gasteiger charge is -2.28. The van der Waals surface area contributed by atoms with Crippen LogP contribution in [0.15, 0.2) is 23.0 Å². The van der Waals surface area contributed by atoms with E-state index in [-0.39, 0.29) is 17.6 Å². The van der Waals surface area contributed by atoms with Crippen molar-refractivity contribution in [3.8, 4) is 0 Å². The van der Waals surface area contributed by atoms with Crippen LogP contribution in [0.5, 0.6) is 0 Å². The smallest absolute Gasteiger partial charge is 0.338 e. The highest BCUT2D eigenvalue weighted by Gasteiger charge is 2.26. The van der Waals surface area contributed by atoms with E-state index in [0.29, 0.717) is 16.5 Å². The van der Waals surface area contributed by atoms with Crippen LogP contribution < -0.4 is 10.5 Å². The number of hydrogen-bond acceptors (Lipinski definition) is 4. The van der Waals surface area contributed by atoms with Crippen LogP contribution in [0.3, 0.4) is 0 Å². The summed E-state index contributed by atoms with van der Waals surface area (Å²) in [5.41, 5.74) is 1.09. The number of fused-ring (bicyclic) bond motifs is 2. The van der Waals surface area contributed by atoms with Gasteiger partial charge in [0.25, 0.3) is 5.56 Å². The van der Waals surface area contributed by atoms with Gasteiger partial charge >= 0.3 is 5.97 Å². The number of piperidine rings is 1. The summed E-state index contributed by atoms with van der Waals surface area (Å²) in [5, 5.41) is 0.580. The van der Waals surface area contributed by atoms with Crippen LogP contribution in [-0.2, 0) is 17.7 Å². The van der Waals surface area contributed by atoms with Crippen LogP contribution in [0.1, 0.15) is 55.2 Å². The lowest BCUT2D eigenvalue weighted by atomic mass is 10.1. The third kappa shape index (κ3) is 3.76. The second-order valence-corrected chi connectivity index (χ2v) is 7.75. The molecule has 0 saturated carbocycles. The van der Waals surface area contributed by atoms with E-state index in [2.05, 4.69) is 6.92 Å². The summed E-state index contributed by atoms with van der Waals surface area (Å²) in [6.45, 7) is 5.99. The Morgan fingerprint density at radius 2 is 2.19 bits per heavy atom. The van der Waals surface area contributed by atoms with E-state index in [0.717, 1.165) is 70.5 Å². The number of carbonyl (C=O) groups excluding carboxylic acids is 1. The van der Waals surface area contributed by atoms with E-state index in [9.17, 15) is 9.59 Å². The number of likely N-dealkylation sites (N-methyl/N-ethyl adjacent to an activating group) is 1. The fourth-order valence-corrected chi connectivity index (χ4v) is 4.29. The van der Waals surface area contributed by atoms with Crippen LogP contribution in [0, 0.1) is 0 Å². The van der Waals surface area contributed by atoms with Crippen molar-refractivity contribution in [1.82, 2.24) is 9.55 Å². The van der Waals surface area contributed by atoms with Crippen molar-refractivity contribution < 1.29 is 14.4 Å². The Bertz CT molecular complexity index is 905. The molecule has 0 radical (unpaired) electrons. The Morgan fingerprint density at radius 1 is 1.30 bits per heavy atom. The average molecular weight is 370 g/mol. The molecule has 0 spiro atoms. The Hall–Kier alpha value is -2.21. The third-order valence-corrected chi connectivity index (χ3v) is 5.90. The second-order valence-electron chi connectivity index (χ2n) is 7.75. The number of carbonyl (C=O) groups is 1. The maximum absolute atomic E-state index is 12.8. The Balaban J connectivity index is 1.59. The molecule has 4 rings (SSSR count). The molecule has 0 aliphatic carbocycles. The molecule has 1 fully saturated rings. The molecule has 2 aromatic rings. The summed E-state index contributed by atoms with van der Waals surface area (Å²) >= 11 is 0. The fraction of sp³-hybridized carbons (Fsp3) is 0.571. The highest BCUT2D eigenvalue weighted by Crippen LogP contribution is 2.17. The molecule has 0 bridgehead atoms. The molecule has 6 nitrogen and oxygen atoms in total. The molecule has 1 N–H and O–H groups in total. The zero-order valence-corrected chi connectivity index (χ0v) is 16.0. The van der Waals surface area contributed by atoms with Crippen molar-refractivity contribution in [3.63, 3.8) is 0 Å². The monoisotopic (exact) mass is 370 g/mol. The molecule has 2 aliphatic rings. The summed E-state index contributed by atoms with van der Waals surface area (Å²) in [5.74, 6) is 0.529. The highest BCUT2D eigenvalue weighted by atomic mass is 16.5. The van der Waals surface area contributed by atoms with Crippen molar-refractivity contribution in [1.29, 1.82) is 0 Å². The predicted molar refractivity (Wildman–Crippen MR) is 103 cm³/mol. The molecule has 0 amide bonds. The van der Waals surface area contributed by atoms with Gasteiger partial charge in [0.2, 0.25) is 0 Å². The highest BCUT2D eigenvalue weighted by molar-refractivity contribution is 5.94. The zero-order chi connectivity index (χ0) is 18.8. The van der Waals surface area contributed by atoms with Gasteiger partial charge in [-0.2, -0.15) is 0 Å². The van der Waals surface area contributed by atoms with E-state index >= 15 is 0 Å². The van der Waals surface area contributed by atoms with Crippen LogP contribution >= 0.6 is 0 Å². The number of nitrogens with zero attached hydrogens (tertiary/aromatic N) is 2. The fourth-order valence-electron chi connectivity index (χ4n) is 4.29. The number of quaternary nitrogens is 1. The minimum absolute atomic E-state index is 0.00582. The van der Waals surface area contributed by atoms with E-state index in [1.54, 1.807) is 22.8 Å². The molecule has 1 aromatic carbocycles. The SMILES string of the molecule is CC[NH+]1CCC[C@@H](OC(=O)c2ccc3c(=O)n4c(nc3c2)CCCCC4)C1. The first kappa shape index (κ1) is 18.2. The molecule has 1 aromatic heterocycles. The van der Waals surface area contributed by atoms with E-state index in [1.807, 2.05) is 0 Å². The number of benzene rings is 1. The van der Waals surface area contributed by atoms with Crippen molar-refractivity contribution in [2.45, 2.75) is 58.1 Å². The van der Waals surface area contributed by atoms with Gasteiger partial charge in [-0.25, -0.2) is 9.78 Å². The molecular weight excluding hydrogens is 342 g/mol. The maximum atomic E-state index is 12.8. The van der Waals surface area contributed by atoms with E-state index in [1.165, 1.54) is 4.90 Å². The zero-order valence-electron chi connectivity index (χ0n) is 16.0. The molecule has 144 valence electrons. The van der Waals surface area contributed by atoms with Gasteiger partial charge < -0.3 is 9.64 Å². The van der Waals surface area contributed by atoms with Gasteiger partial charge in [0.05, 0.1) is 29.6 Å². The molecule has 3 heterocycles. The number of likely N-dealkylation sites (tertiary alicyclic amines) is 1. The normalized spacial score (nSPS) is 22.9. The van der Waals surface area contributed by atoms with E-state index in [4.69, 9.17) is 9.72 Å². The molecule has 2 aliphatic heterocycles. The molecule has 6 heteroatoms. The van der Waals surface area contributed by atoms with Crippen LogP contribution in [0.2, 0.25) is 0 Å². The molecule has 1 unspecified atom stereocenters. The summed E-state index contributed by atoms with van der Waals surface area (Å²) in [4.78, 5) is 31.6. The largest absolute Gasteiger partial charge is 0.453 e. The van der Waals surface area contributed by atoms with Crippen LogP contribution in [-0.4, -0.2) is 41.3 Å². The first-order valence-electron chi connectivity index (χ1n) is 10.2. The van der Waals surface area contributed by atoms with Gasteiger partial charge in [-0.3, -0.25) is 9.36 Å². The first-order chi connectivity index (χ1) is 13.2. The van der Waals surface area contributed by atoms with Gasteiger partial charge in [0, 0.05) is 19.4 Å². The molecule has 2 atom stereocenters. The minimum Gasteiger partial charge on any atom is -0.453 e. The second kappa shape index (κ2) is 7.80. The van der Waals surface area contributed by atoms with Gasteiger partial charge in [-0.15, -0.1) is 0 Å². The van der Waals surface area contributed by atoms with Gasteiger partial charge in [-0.1, -0.05) is 6.42 Å². The molecular formula is C21H28N3O3+. The molecule has 1 saturated heterocycles. The summed E-state index contributed by atoms with van der Waals surface area (Å²) in [6, 6.07) is 5.15. The van der Waals surface area contributed by atoms with Crippen molar-refractivity contribution >= 4 is 16.9 Å². The number of hydrogen-bond donors (Lipinski definition) is 1. The quantitative estimate of drug-likeness (QED) is 0.829. The number of esters is 1. The number of aryl methyl sites for hydroxylation is 1. The first-order valence-corrected chi connectivity index (χ1v) is 10.2. The van der Waals surface area contributed by atoms with Gasteiger partial charge in [0.15, 0.2) is 6.10 Å². The van der Waals surface area contributed by atoms with Crippen molar-refractivity contribution in [3.05, 3.63) is 39.9 Å². The van der Waals surface area contributed by atoms with Crippen molar-refractivity contribution in [2.24, 2.45) is 0 Å². The average Bonchev–Trinajstić information content (AvgIpc) is 2.93. The van der Waals surface area contributed by atoms with E-state index < -0.39 is 0 Å². The predicted octanol–water partition coefficient (Wildman–Crippen LogP) is 1.35.